The summed E-state index contributed by atoms with van der Waals surface area (Å²) in [4.78, 5) is 15.1. The Balaban J connectivity index is 1.88. The predicted octanol–water partition coefficient (Wildman–Crippen LogP) is 5.72. The minimum atomic E-state index is -2.00. The number of carbonyl (C=O) groups is 1. The number of hydrogen-bond donors (Lipinski definition) is 0. The zero-order valence-corrected chi connectivity index (χ0v) is 23.3. The van der Waals surface area contributed by atoms with Crippen LogP contribution in [0.4, 0.5) is 4.79 Å². The lowest BCUT2D eigenvalue weighted by Gasteiger charge is -2.41. The number of amides is 1. The number of fused-ring (bicyclic) bond motifs is 2. The summed E-state index contributed by atoms with van der Waals surface area (Å²) in [6.45, 7) is 25.3. The first kappa shape index (κ1) is 25.8. The van der Waals surface area contributed by atoms with Gasteiger partial charge >= 0.3 is 13.2 Å². The van der Waals surface area contributed by atoms with Gasteiger partial charge < -0.3 is 18.5 Å². The van der Waals surface area contributed by atoms with Crippen LogP contribution in [0.25, 0.3) is 0 Å². The fraction of sp³-hybridized carbons (Fsp3) is 0.875. The van der Waals surface area contributed by atoms with E-state index in [1.54, 1.807) is 0 Å². The summed E-state index contributed by atoms with van der Waals surface area (Å²) in [5.74, 6) is 0. The first-order valence-electron chi connectivity index (χ1n) is 12.0. The molecule has 3 atom stereocenters. The fourth-order valence-corrected chi connectivity index (χ4v) is 5.67. The molecule has 0 aromatic carbocycles. The average Bonchev–Trinajstić information content (AvgIpc) is 2.90. The van der Waals surface area contributed by atoms with E-state index in [1.165, 1.54) is 0 Å². The summed E-state index contributed by atoms with van der Waals surface area (Å²) in [7, 11) is -2.40. The van der Waals surface area contributed by atoms with Crippen molar-refractivity contribution in [1.29, 1.82) is 0 Å². The second kappa shape index (κ2) is 7.86. The molecule has 3 aliphatic rings. The molecule has 2 bridgehead atoms. The third-order valence-corrected chi connectivity index (χ3v) is 12.4. The van der Waals surface area contributed by atoms with Gasteiger partial charge in [-0.1, -0.05) is 26.8 Å². The van der Waals surface area contributed by atoms with Crippen LogP contribution in [0.2, 0.25) is 18.1 Å². The SMILES string of the molecule is CC(C)(C)OC(=O)N1C2C=C(B3OC(C)(C)C(C)(C)O3)CC1C(O[Si](C)(C)C(C)(C)C)C2. The fourth-order valence-electron chi connectivity index (χ4n) is 4.31. The van der Waals surface area contributed by atoms with Crippen molar-refractivity contribution in [2.75, 3.05) is 0 Å². The van der Waals surface area contributed by atoms with Crippen molar-refractivity contribution in [3.05, 3.63) is 11.5 Å². The Bertz CT molecular complexity index is 764. The summed E-state index contributed by atoms with van der Waals surface area (Å²) in [6.07, 6.45) is 3.32. The summed E-state index contributed by atoms with van der Waals surface area (Å²) in [5, 5.41) is 0.0996. The summed E-state index contributed by atoms with van der Waals surface area (Å²) < 4.78 is 25.3. The van der Waals surface area contributed by atoms with Crippen molar-refractivity contribution in [3.8, 4) is 0 Å². The van der Waals surface area contributed by atoms with Gasteiger partial charge in [-0.3, -0.25) is 4.90 Å². The van der Waals surface area contributed by atoms with Gasteiger partial charge in [0, 0.05) is 0 Å². The number of rotatable bonds is 3. The van der Waals surface area contributed by atoms with Crippen LogP contribution in [0.15, 0.2) is 11.5 Å². The van der Waals surface area contributed by atoms with Crippen LogP contribution < -0.4 is 0 Å². The first-order chi connectivity index (χ1) is 14.2. The third kappa shape index (κ3) is 4.84. The van der Waals surface area contributed by atoms with Crippen LogP contribution in [0, 0.1) is 0 Å². The van der Waals surface area contributed by atoms with E-state index in [2.05, 4.69) is 67.6 Å². The monoisotopic (exact) mass is 465 g/mol. The highest BCUT2D eigenvalue weighted by molar-refractivity contribution is 6.74. The number of nitrogens with zero attached hydrogens (tertiary/aromatic N) is 1. The lowest BCUT2D eigenvalue weighted by Crippen LogP contribution is -2.51. The molecule has 0 N–H and O–H groups in total. The van der Waals surface area contributed by atoms with Crippen molar-refractivity contribution >= 4 is 21.5 Å². The summed E-state index contributed by atoms with van der Waals surface area (Å²) in [6, 6.07) is -0.157. The molecule has 32 heavy (non-hydrogen) atoms. The van der Waals surface area contributed by atoms with Crippen LogP contribution in [-0.2, 0) is 18.5 Å². The Hall–Kier alpha value is -0.828. The molecule has 0 saturated carbocycles. The molecule has 6 nitrogen and oxygen atoms in total. The van der Waals surface area contributed by atoms with Gasteiger partial charge in [-0.15, -0.1) is 0 Å². The topological polar surface area (TPSA) is 57.2 Å². The van der Waals surface area contributed by atoms with Gasteiger partial charge in [0.25, 0.3) is 0 Å². The van der Waals surface area contributed by atoms with Crippen LogP contribution >= 0.6 is 0 Å². The lowest BCUT2D eigenvalue weighted by molar-refractivity contribution is 0.00578. The van der Waals surface area contributed by atoms with E-state index in [4.69, 9.17) is 18.5 Å². The van der Waals surface area contributed by atoms with E-state index in [-0.39, 0.29) is 29.3 Å². The van der Waals surface area contributed by atoms with E-state index in [9.17, 15) is 4.79 Å². The highest BCUT2D eigenvalue weighted by atomic mass is 28.4. The predicted molar refractivity (Wildman–Crippen MR) is 131 cm³/mol. The molecule has 0 radical (unpaired) electrons. The maximum atomic E-state index is 13.2. The van der Waals surface area contributed by atoms with Crippen LogP contribution in [0.3, 0.4) is 0 Å². The molecule has 2 saturated heterocycles. The first-order valence-corrected chi connectivity index (χ1v) is 14.9. The van der Waals surface area contributed by atoms with E-state index in [0.29, 0.717) is 6.42 Å². The minimum absolute atomic E-state index is 0.0235. The molecule has 2 fully saturated rings. The Morgan fingerprint density at radius 2 is 1.62 bits per heavy atom. The molecule has 1 amide bonds. The van der Waals surface area contributed by atoms with Gasteiger partial charge in [0.1, 0.15) is 5.60 Å². The number of ether oxygens (including phenoxy) is 1. The van der Waals surface area contributed by atoms with E-state index < -0.39 is 32.2 Å². The molecule has 8 heteroatoms. The summed E-state index contributed by atoms with van der Waals surface area (Å²) >= 11 is 0. The van der Waals surface area contributed by atoms with Crippen molar-refractivity contribution in [1.82, 2.24) is 4.90 Å². The van der Waals surface area contributed by atoms with Gasteiger partial charge in [-0.25, -0.2) is 4.79 Å². The third-order valence-electron chi connectivity index (χ3n) is 7.88. The Morgan fingerprint density at radius 1 is 1.09 bits per heavy atom. The molecule has 3 aliphatic heterocycles. The van der Waals surface area contributed by atoms with Crippen molar-refractivity contribution in [3.63, 3.8) is 0 Å². The molecule has 3 unspecified atom stereocenters. The molecular formula is C24H44BNO5Si. The zero-order valence-electron chi connectivity index (χ0n) is 22.3. The average molecular weight is 466 g/mol. The standard InChI is InChI=1S/C24H44BNO5Si/c1-21(2,3)28-20(27)26-17-13-16(25-30-23(7,8)24(9,10)31-25)14-18(26)19(15-17)29-32(11,12)22(4,5)6/h13,17-19H,14-15H2,1-12H3. The largest absolute Gasteiger partial charge is 0.490 e. The molecule has 3 heterocycles. The molecular weight excluding hydrogens is 421 g/mol. The van der Waals surface area contributed by atoms with Crippen molar-refractivity contribution in [2.45, 2.75) is 135 Å². The Morgan fingerprint density at radius 3 is 2.09 bits per heavy atom. The zero-order chi connectivity index (χ0) is 24.5. The second-order valence-electron chi connectivity index (χ2n) is 13.2. The molecule has 0 spiro atoms. The normalized spacial score (nSPS) is 29.9. The number of hydrogen-bond acceptors (Lipinski definition) is 5. The van der Waals surface area contributed by atoms with Gasteiger partial charge in [-0.05, 0) is 84.9 Å². The van der Waals surface area contributed by atoms with Crippen LogP contribution in [0.1, 0.15) is 82.1 Å². The van der Waals surface area contributed by atoms with Gasteiger partial charge in [0.05, 0.1) is 29.4 Å². The minimum Gasteiger partial charge on any atom is -0.444 e. The van der Waals surface area contributed by atoms with Gasteiger partial charge in [-0.2, -0.15) is 0 Å². The van der Waals surface area contributed by atoms with Gasteiger partial charge in [0.15, 0.2) is 8.32 Å². The molecule has 3 rings (SSSR count). The van der Waals surface area contributed by atoms with Crippen molar-refractivity contribution < 1.29 is 23.3 Å². The second-order valence-corrected chi connectivity index (χ2v) is 18.0. The van der Waals surface area contributed by atoms with Crippen LogP contribution in [0.5, 0.6) is 0 Å². The quantitative estimate of drug-likeness (QED) is 0.499. The molecule has 0 aromatic heterocycles. The maximum absolute atomic E-state index is 13.2. The summed E-state index contributed by atoms with van der Waals surface area (Å²) in [5.41, 5.74) is -0.213. The smallest absolute Gasteiger partial charge is 0.444 e. The van der Waals surface area contributed by atoms with E-state index >= 15 is 0 Å². The molecule has 182 valence electrons. The van der Waals surface area contributed by atoms with E-state index in [1.807, 2.05) is 25.7 Å². The van der Waals surface area contributed by atoms with Gasteiger partial charge in [0.2, 0.25) is 0 Å². The highest BCUT2D eigenvalue weighted by Gasteiger charge is 2.57. The lowest BCUT2D eigenvalue weighted by atomic mass is 9.73. The van der Waals surface area contributed by atoms with Crippen molar-refractivity contribution in [2.24, 2.45) is 0 Å². The Labute approximate surface area is 196 Å². The molecule has 0 aromatic rings. The Kier molecular flexibility index (Phi) is 6.33. The van der Waals surface area contributed by atoms with Crippen LogP contribution in [-0.4, -0.2) is 61.4 Å². The maximum Gasteiger partial charge on any atom is 0.490 e. The number of carbonyl (C=O) groups excluding carboxylic acids is 1. The van der Waals surface area contributed by atoms with E-state index in [0.717, 1.165) is 11.9 Å². The highest BCUT2D eigenvalue weighted by Crippen LogP contribution is 2.46. The molecule has 0 aliphatic carbocycles.